The van der Waals surface area contributed by atoms with Gasteiger partial charge < -0.3 is 4.74 Å². The molecule has 0 atom stereocenters. The first kappa shape index (κ1) is 20.9. The van der Waals surface area contributed by atoms with Crippen molar-refractivity contribution in [3.63, 3.8) is 0 Å². The molecule has 0 bridgehead atoms. The summed E-state index contributed by atoms with van der Waals surface area (Å²) in [6.07, 6.45) is 0.767. The molecule has 0 saturated heterocycles. The summed E-state index contributed by atoms with van der Waals surface area (Å²) in [6, 6.07) is 24.3. The van der Waals surface area contributed by atoms with Gasteiger partial charge in [-0.05, 0) is 29.8 Å². The van der Waals surface area contributed by atoms with Crippen LogP contribution < -0.4 is 15.6 Å². The third kappa shape index (κ3) is 5.05. The van der Waals surface area contributed by atoms with Gasteiger partial charge in [-0.3, -0.25) is 20.4 Å². The van der Waals surface area contributed by atoms with E-state index in [2.05, 4.69) is 10.9 Å². The zero-order valence-electron chi connectivity index (χ0n) is 16.4. The zero-order valence-corrected chi connectivity index (χ0v) is 18.0. The topological polar surface area (TPSA) is 67.4 Å². The quantitative estimate of drug-likeness (QED) is 0.394. The highest BCUT2D eigenvalue weighted by atomic mass is 35.5. The fourth-order valence-corrected chi connectivity index (χ4v) is 4.47. The molecule has 1 aromatic heterocycles. The summed E-state index contributed by atoms with van der Waals surface area (Å²) >= 11 is 7.59. The van der Waals surface area contributed by atoms with Gasteiger partial charge in [-0.15, -0.1) is 11.3 Å². The second-order valence-electron chi connectivity index (χ2n) is 6.76. The lowest BCUT2D eigenvalue weighted by atomic mass is 10.2. The lowest BCUT2D eigenvalue weighted by molar-refractivity contribution is 0.0849. The number of hydrogen-bond acceptors (Lipinski definition) is 4. The van der Waals surface area contributed by atoms with Crippen molar-refractivity contribution in [2.75, 3.05) is 6.61 Å². The maximum Gasteiger partial charge on any atom is 0.281 e. The van der Waals surface area contributed by atoms with Crippen molar-refractivity contribution in [3.05, 3.63) is 99.9 Å². The summed E-state index contributed by atoms with van der Waals surface area (Å²) in [5.41, 5.74) is 6.42. The number of hydrogen-bond donors (Lipinski definition) is 2. The lowest BCUT2D eigenvalue weighted by Gasteiger charge is -2.09. The third-order valence-electron chi connectivity index (χ3n) is 4.63. The highest BCUT2D eigenvalue weighted by Gasteiger charge is 2.17. The summed E-state index contributed by atoms with van der Waals surface area (Å²) in [7, 11) is 0. The number of halogens is 1. The number of rotatable bonds is 6. The number of amides is 2. The van der Waals surface area contributed by atoms with E-state index < -0.39 is 11.8 Å². The van der Waals surface area contributed by atoms with E-state index in [0.717, 1.165) is 16.5 Å². The minimum atomic E-state index is -0.463. The van der Waals surface area contributed by atoms with E-state index in [0.29, 0.717) is 27.8 Å². The molecule has 0 fully saturated rings. The molecule has 5 nitrogen and oxygen atoms in total. The van der Waals surface area contributed by atoms with Crippen molar-refractivity contribution in [1.29, 1.82) is 0 Å². The fourth-order valence-electron chi connectivity index (χ4n) is 3.06. The summed E-state index contributed by atoms with van der Waals surface area (Å²) in [5, 5.41) is 1.19. The van der Waals surface area contributed by atoms with Gasteiger partial charge in [0.25, 0.3) is 11.8 Å². The van der Waals surface area contributed by atoms with Crippen LogP contribution in [0, 0.1) is 0 Å². The Morgan fingerprint density at radius 1 is 0.871 bits per heavy atom. The Bertz CT molecular complexity index is 1220. The molecule has 0 spiro atoms. The molecule has 4 rings (SSSR count). The van der Waals surface area contributed by atoms with Gasteiger partial charge in [0.05, 0.1) is 11.6 Å². The first-order valence-electron chi connectivity index (χ1n) is 9.66. The molecular weight excluding hydrogens is 432 g/mol. The second kappa shape index (κ2) is 9.64. The summed E-state index contributed by atoms with van der Waals surface area (Å²) in [5.74, 6) is -0.323. The normalized spacial score (nSPS) is 10.6. The molecule has 156 valence electrons. The third-order valence-corrected chi connectivity index (χ3v) is 6.30. The Hall–Kier alpha value is -3.35. The SMILES string of the molecule is O=C(NNC(=O)c1sc2ccccc2c1Cl)c1cccc(OCCc2ccccc2)c1. The maximum absolute atomic E-state index is 12.5. The van der Waals surface area contributed by atoms with Crippen LogP contribution in [0.4, 0.5) is 0 Å². The highest BCUT2D eigenvalue weighted by Crippen LogP contribution is 2.34. The largest absolute Gasteiger partial charge is 0.493 e. The van der Waals surface area contributed by atoms with E-state index in [1.165, 1.54) is 16.9 Å². The molecule has 0 aliphatic rings. The summed E-state index contributed by atoms with van der Waals surface area (Å²) < 4.78 is 6.67. The van der Waals surface area contributed by atoms with E-state index >= 15 is 0 Å². The monoisotopic (exact) mass is 450 g/mol. The molecule has 0 saturated carbocycles. The standard InChI is InChI=1S/C24H19ClN2O3S/c25-21-19-11-4-5-12-20(19)31-22(21)24(29)27-26-23(28)17-9-6-10-18(15-17)30-14-13-16-7-2-1-3-8-16/h1-12,15H,13-14H2,(H,26,28)(H,27,29). The van der Waals surface area contributed by atoms with Crippen LogP contribution in [-0.4, -0.2) is 18.4 Å². The van der Waals surface area contributed by atoms with Crippen molar-refractivity contribution in [1.82, 2.24) is 10.9 Å². The van der Waals surface area contributed by atoms with Crippen molar-refractivity contribution in [2.45, 2.75) is 6.42 Å². The highest BCUT2D eigenvalue weighted by molar-refractivity contribution is 7.21. The molecule has 2 amide bonds. The average Bonchev–Trinajstić information content (AvgIpc) is 3.15. The Labute approximate surface area is 188 Å². The van der Waals surface area contributed by atoms with Crippen LogP contribution in [0.5, 0.6) is 5.75 Å². The van der Waals surface area contributed by atoms with E-state index in [1.54, 1.807) is 24.3 Å². The van der Waals surface area contributed by atoms with Crippen molar-refractivity contribution in [2.24, 2.45) is 0 Å². The van der Waals surface area contributed by atoms with Gasteiger partial charge in [0.2, 0.25) is 0 Å². The first-order chi connectivity index (χ1) is 15.1. The molecular formula is C24H19ClN2O3S. The molecule has 3 aromatic carbocycles. The Kier molecular flexibility index (Phi) is 6.50. The summed E-state index contributed by atoms with van der Waals surface area (Å²) in [6.45, 7) is 0.496. The second-order valence-corrected chi connectivity index (χ2v) is 8.19. The number of benzene rings is 3. The van der Waals surface area contributed by atoms with Crippen molar-refractivity contribution in [3.8, 4) is 5.75 Å². The predicted octanol–water partition coefficient (Wildman–Crippen LogP) is 5.25. The van der Waals surface area contributed by atoms with E-state index in [-0.39, 0.29) is 0 Å². The van der Waals surface area contributed by atoms with E-state index in [9.17, 15) is 9.59 Å². The van der Waals surface area contributed by atoms with Crippen LogP contribution in [0.3, 0.4) is 0 Å². The van der Waals surface area contributed by atoms with Gasteiger partial charge in [-0.25, -0.2) is 0 Å². The Balaban J connectivity index is 1.34. The van der Waals surface area contributed by atoms with Gasteiger partial charge in [0.15, 0.2) is 0 Å². The van der Waals surface area contributed by atoms with Gasteiger partial charge in [-0.1, -0.05) is 66.2 Å². The maximum atomic E-state index is 12.5. The van der Waals surface area contributed by atoms with Gasteiger partial charge in [0.1, 0.15) is 10.6 Å². The van der Waals surface area contributed by atoms with Crippen LogP contribution in [0.1, 0.15) is 25.6 Å². The smallest absolute Gasteiger partial charge is 0.281 e. The van der Waals surface area contributed by atoms with Gasteiger partial charge in [-0.2, -0.15) is 0 Å². The van der Waals surface area contributed by atoms with Crippen LogP contribution in [-0.2, 0) is 6.42 Å². The van der Waals surface area contributed by atoms with Crippen LogP contribution in [0.25, 0.3) is 10.1 Å². The fraction of sp³-hybridized carbons (Fsp3) is 0.0833. The zero-order chi connectivity index (χ0) is 21.6. The van der Waals surface area contributed by atoms with Crippen molar-refractivity contribution < 1.29 is 14.3 Å². The number of ether oxygens (including phenoxy) is 1. The number of carbonyl (C=O) groups excluding carboxylic acids is 2. The van der Waals surface area contributed by atoms with Crippen LogP contribution in [0.15, 0.2) is 78.9 Å². The van der Waals surface area contributed by atoms with Crippen molar-refractivity contribution >= 4 is 44.8 Å². The number of thiophene rings is 1. The average molecular weight is 451 g/mol. The number of nitrogens with one attached hydrogen (secondary N) is 2. The lowest BCUT2D eigenvalue weighted by Crippen LogP contribution is -2.41. The van der Waals surface area contributed by atoms with E-state index in [1.807, 2.05) is 54.6 Å². The number of carbonyl (C=O) groups is 2. The van der Waals surface area contributed by atoms with Gasteiger partial charge in [0, 0.05) is 22.1 Å². The van der Waals surface area contributed by atoms with Gasteiger partial charge >= 0.3 is 0 Å². The molecule has 1 heterocycles. The minimum absolute atomic E-state index is 0.348. The minimum Gasteiger partial charge on any atom is -0.493 e. The Morgan fingerprint density at radius 3 is 2.42 bits per heavy atom. The molecule has 31 heavy (non-hydrogen) atoms. The number of fused-ring (bicyclic) bond motifs is 1. The molecule has 0 aliphatic carbocycles. The Morgan fingerprint density at radius 2 is 1.61 bits per heavy atom. The summed E-state index contributed by atoms with van der Waals surface area (Å²) in [4.78, 5) is 25.3. The predicted molar refractivity (Wildman–Crippen MR) is 124 cm³/mol. The molecule has 4 aromatic rings. The molecule has 2 N–H and O–H groups in total. The van der Waals surface area contributed by atoms with Crippen LogP contribution in [0.2, 0.25) is 5.02 Å². The molecule has 7 heteroatoms. The van der Waals surface area contributed by atoms with E-state index in [4.69, 9.17) is 16.3 Å². The molecule has 0 radical (unpaired) electrons. The number of hydrazine groups is 1. The molecule has 0 aliphatic heterocycles. The van der Waals surface area contributed by atoms with Crippen LogP contribution >= 0.6 is 22.9 Å². The molecule has 0 unspecified atom stereocenters. The first-order valence-corrected chi connectivity index (χ1v) is 10.9.